The summed E-state index contributed by atoms with van der Waals surface area (Å²) in [6.07, 6.45) is 0. The average molecular weight is 349 g/mol. The Morgan fingerprint density at radius 1 is 0.960 bits per heavy atom. The van der Waals surface area contributed by atoms with Gasteiger partial charge in [0.05, 0.1) is 12.6 Å². The molecule has 25 heavy (non-hydrogen) atoms. The Kier molecular flexibility index (Phi) is 7.26. The molecule has 134 valence electrons. The van der Waals surface area contributed by atoms with Crippen molar-refractivity contribution in [1.82, 2.24) is 16.0 Å². The monoisotopic (exact) mass is 349 g/mol. The topological polar surface area (TPSA) is 142 Å². The summed E-state index contributed by atoms with van der Waals surface area (Å²) in [5, 5.41) is 15.3. The summed E-state index contributed by atoms with van der Waals surface area (Å²) in [6, 6.07) is 5.85. The summed E-state index contributed by atoms with van der Waals surface area (Å²) in [5.74, 6) is -4.51. The Morgan fingerprint density at radius 3 is 2.12 bits per heavy atom. The molecule has 0 saturated carbocycles. The number of carboxylic acids is 1. The van der Waals surface area contributed by atoms with Gasteiger partial charge in [0.2, 0.25) is 11.7 Å². The number of hydrogen-bond donors (Lipinski definition) is 4. The second-order valence-corrected chi connectivity index (χ2v) is 5.24. The number of carbonyl (C=O) groups is 5. The summed E-state index contributed by atoms with van der Waals surface area (Å²) in [5.41, 5.74) is 0.376. The third-order valence-electron chi connectivity index (χ3n) is 3.16. The maximum absolute atomic E-state index is 11.8. The van der Waals surface area contributed by atoms with E-state index in [1.165, 1.54) is 13.8 Å². The minimum absolute atomic E-state index is 0.376. The Morgan fingerprint density at radius 2 is 1.56 bits per heavy atom. The van der Waals surface area contributed by atoms with Crippen molar-refractivity contribution in [1.29, 1.82) is 0 Å². The molecule has 0 spiro atoms. The first-order valence-corrected chi connectivity index (χ1v) is 7.42. The Balaban J connectivity index is 2.45. The molecule has 0 radical (unpaired) electrons. The quantitative estimate of drug-likeness (QED) is 0.447. The van der Waals surface area contributed by atoms with Gasteiger partial charge < -0.3 is 21.1 Å². The summed E-state index contributed by atoms with van der Waals surface area (Å²) in [7, 11) is 0. The average Bonchev–Trinajstić information content (AvgIpc) is 2.59. The molecule has 0 aliphatic carbocycles. The van der Waals surface area contributed by atoms with E-state index in [-0.39, 0.29) is 6.54 Å². The van der Waals surface area contributed by atoms with Crippen LogP contribution in [0.4, 0.5) is 0 Å². The lowest BCUT2D eigenvalue weighted by Crippen LogP contribution is -2.50. The number of ketones is 1. The van der Waals surface area contributed by atoms with E-state index in [0.29, 0.717) is 5.56 Å². The molecule has 0 aromatic heterocycles. The second kappa shape index (κ2) is 9.16. The molecule has 1 aromatic carbocycles. The highest BCUT2D eigenvalue weighted by atomic mass is 16.4. The number of benzene rings is 1. The molecule has 9 nitrogen and oxygen atoms in total. The first kappa shape index (κ1) is 19.8. The molecule has 0 aliphatic heterocycles. The predicted octanol–water partition coefficient (Wildman–Crippen LogP) is -0.920. The molecule has 3 amide bonds. The molecule has 0 aliphatic rings. The van der Waals surface area contributed by atoms with Crippen molar-refractivity contribution < 1.29 is 29.1 Å². The highest BCUT2D eigenvalue weighted by Gasteiger charge is 2.25. The van der Waals surface area contributed by atoms with Crippen LogP contribution in [0.1, 0.15) is 24.2 Å². The second-order valence-electron chi connectivity index (χ2n) is 5.24. The first-order valence-electron chi connectivity index (χ1n) is 7.42. The summed E-state index contributed by atoms with van der Waals surface area (Å²) in [4.78, 5) is 57.5. The number of amides is 3. The molecule has 0 bridgehead atoms. The fourth-order valence-corrected chi connectivity index (χ4v) is 1.74. The molecule has 0 saturated heterocycles. The van der Waals surface area contributed by atoms with Gasteiger partial charge in [-0.2, -0.15) is 0 Å². The largest absolute Gasteiger partial charge is 0.480 e. The number of carboxylic acid groups (broad SMARTS) is 1. The first-order chi connectivity index (χ1) is 11.7. The van der Waals surface area contributed by atoms with Crippen molar-refractivity contribution in [2.24, 2.45) is 0 Å². The lowest BCUT2D eigenvalue weighted by molar-refractivity contribution is -0.144. The van der Waals surface area contributed by atoms with Crippen LogP contribution in [0.5, 0.6) is 0 Å². The number of hydrogen-bond acceptors (Lipinski definition) is 5. The van der Waals surface area contributed by atoms with E-state index in [1.54, 1.807) is 30.3 Å². The van der Waals surface area contributed by atoms with Crippen LogP contribution in [0.2, 0.25) is 0 Å². The van der Waals surface area contributed by atoms with E-state index in [0.717, 1.165) is 0 Å². The lowest BCUT2D eigenvalue weighted by atomic mass is 10.2. The molecule has 0 fully saturated rings. The van der Waals surface area contributed by atoms with Crippen molar-refractivity contribution >= 4 is 29.5 Å². The summed E-state index contributed by atoms with van der Waals surface area (Å²) in [6.45, 7) is 2.11. The van der Waals surface area contributed by atoms with Crippen molar-refractivity contribution in [3.05, 3.63) is 35.9 Å². The maximum atomic E-state index is 11.8. The van der Waals surface area contributed by atoms with Gasteiger partial charge in [0.15, 0.2) is 0 Å². The van der Waals surface area contributed by atoms with Crippen LogP contribution < -0.4 is 16.0 Å². The van der Waals surface area contributed by atoms with E-state index in [2.05, 4.69) is 10.6 Å². The van der Waals surface area contributed by atoms with E-state index < -0.39 is 41.6 Å². The molecule has 2 atom stereocenters. The molecular formula is C16H19N3O6. The number of nitrogens with one attached hydrogen (secondary N) is 3. The molecule has 1 aromatic rings. The third-order valence-corrected chi connectivity index (χ3v) is 3.16. The fraction of sp³-hybridized carbons (Fsp3) is 0.312. The van der Waals surface area contributed by atoms with Crippen molar-refractivity contribution in [3.8, 4) is 0 Å². The number of carbonyl (C=O) groups excluding carboxylic acids is 4. The number of aliphatic carboxylic acids is 1. The van der Waals surface area contributed by atoms with Gasteiger partial charge in [0.25, 0.3) is 11.8 Å². The van der Waals surface area contributed by atoms with Crippen LogP contribution in [-0.2, 0) is 19.2 Å². The van der Waals surface area contributed by atoms with Gasteiger partial charge in [-0.25, -0.2) is 0 Å². The molecule has 4 N–H and O–H groups in total. The van der Waals surface area contributed by atoms with Crippen LogP contribution >= 0.6 is 0 Å². The molecule has 0 heterocycles. The minimum atomic E-state index is -1.29. The number of Topliss-reactive ketones (excluding diaryl/α,β-unsaturated/α-hetero) is 1. The number of rotatable bonds is 8. The lowest BCUT2D eigenvalue weighted by Gasteiger charge is -2.14. The molecule has 9 heteroatoms. The van der Waals surface area contributed by atoms with Crippen molar-refractivity contribution in [2.75, 3.05) is 6.54 Å². The van der Waals surface area contributed by atoms with Gasteiger partial charge in [0.1, 0.15) is 6.04 Å². The van der Waals surface area contributed by atoms with Crippen LogP contribution in [0.15, 0.2) is 30.3 Å². The SMILES string of the molecule is C[C@H](NC(=O)C(=O)[C@H](C)NC(=O)CNC(=O)c1ccccc1)C(=O)O. The third kappa shape index (κ3) is 6.42. The van der Waals surface area contributed by atoms with Gasteiger partial charge in [-0.15, -0.1) is 0 Å². The zero-order valence-electron chi connectivity index (χ0n) is 13.7. The van der Waals surface area contributed by atoms with E-state index in [4.69, 9.17) is 5.11 Å². The molecular weight excluding hydrogens is 330 g/mol. The smallest absolute Gasteiger partial charge is 0.325 e. The zero-order valence-corrected chi connectivity index (χ0v) is 13.7. The molecule has 0 unspecified atom stereocenters. The van der Waals surface area contributed by atoms with Gasteiger partial charge in [-0.1, -0.05) is 18.2 Å². The van der Waals surface area contributed by atoms with E-state index in [9.17, 15) is 24.0 Å². The van der Waals surface area contributed by atoms with Gasteiger partial charge in [-0.05, 0) is 26.0 Å². The highest BCUT2D eigenvalue weighted by Crippen LogP contribution is 1.97. The normalized spacial score (nSPS) is 12.4. The van der Waals surface area contributed by atoms with Crippen LogP contribution in [-0.4, -0.2) is 53.2 Å². The van der Waals surface area contributed by atoms with Gasteiger partial charge in [0, 0.05) is 5.56 Å². The predicted molar refractivity (Wildman–Crippen MR) is 86.6 cm³/mol. The van der Waals surface area contributed by atoms with E-state index >= 15 is 0 Å². The van der Waals surface area contributed by atoms with Crippen LogP contribution in [0.3, 0.4) is 0 Å². The summed E-state index contributed by atoms with van der Waals surface area (Å²) >= 11 is 0. The Hall–Kier alpha value is -3.23. The molecule has 1 rings (SSSR count). The van der Waals surface area contributed by atoms with E-state index in [1.807, 2.05) is 5.32 Å². The summed E-state index contributed by atoms with van der Waals surface area (Å²) < 4.78 is 0. The van der Waals surface area contributed by atoms with Crippen molar-refractivity contribution in [2.45, 2.75) is 25.9 Å². The Bertz CT molecular complexity index is 674. The van der Waals surface area contributed by atoms with Crippen LogP contribution in [0, 0.1) is 0 Å². The van der Waals surface area contributed by atoms with Crippen LogP contribution in [0.25, 0.3) is 0 Å². The zero-order chi connectivity index (χ0) is 19.0. The van der Waals surface area contributed by atoms with Crippen molar-refractivity contribution in [3.63, 3.8) is 0 Å². The Labute approximate surface area is 143 Å². The van der Waals surface area contributed by atoms with Gasteiger partial charge >= 0.3 is 5.97 Å². The fourth-order valence-electron chi connectivity index (χ4n) is 1.74. The minimum Gasteiger partial charge on any atom is -0.480 e. The standard InChI is InChI=1S/C16H19N3O6/c1-9(13(21)15(23)19-10(2)16(24)25)18-12(20)8-17-14(22)11-6-4-3-5-7-11/h3-7,9-10H,8H2,1-2H3,(H,17,22)(H,18,20)(H,19,23)(H,24,25)/t9-,10-/m0/s1. The maximum Gasteiger partial charge on any atom is 0.325 e. The highest BCUT2D eigenvalue weighted by molar-refractivity contribution is 6.38. The van der Waals surface area contributed by atoms with Gasteiger partial charge in [-0.3, -0.25) is 24.0 Å².